The highest BCUT2D eigenvalue weighted by atomic mass is 19.4. The summed E-state index contributed by atoms with van der Waals surface area (Å²) in [5, 5.41) is 9.06. The van der Waals surface area contributed by atoms with Gasteiger partial charge in [-0.05, 0) is 37.0 Å². The molecule has 0 saturated heterocycles. The Balaban J connectivity index is 2.01. The molecule has 0 saturated carbocycles. The standard InChI is InChI=1S/C20H19F3N4O3/c1-26-14-4-2-3-11(14)16(20(21,22)23)15(18(26)28)12-6-5-10(9-13(24)19(29)30)27-8-7-25-17(12)27/h5-8,13H,2-4,9,24H2,1H3,(H,29,30). The number of alkyl halides is 3. The van der Waals surface area contributed by atoms with E-state index in [1.54, 1.807) is 0 Å². The van der Waals surface area contributed by atoms with Gasteiger partial charge < -0.3 is 19.8 Å². The Bertz CT molecular complexity index is 1230. The number of aliphatic carboxylic acids is 1. The Morgan fingerprint density at radius 1 is 1.33 bits per heavy atom. The maximum absolute atomic E-state index is 14.1. The largest absolute Gasteiger partial charge is 0.480 e. The van der Waals surface area contributed by atoms with Crippen LogP contribution < -0.4 is 11.3 Å². The molecule has 4 rings (SSSR count). The van der Waals surface area contributed by atoms with Crippen molar-refractivity contribution in [3.63, 3.8) is 0 Å². The van der Waals surface area contributed by atoms with Crippen molar-refractivity contribution in [1.29, 1.82) is 0 Å². The average Bonchev–Trinajstić information content (AvgIpc) is 3.33. The molecule has 3 N–H and O–H groups in total. The molecule has 7 nitrogen and oxygen atoms in total. The molecular weight excluding hydrogens is 401 g/mol. The van der Waals surface area contributed by atoms with Gasteiger partial charge in [-0.2, -0.15) is 13.2 Å². The van der Waals surface area contributed by atoms with Crippen molar-refractivity contribution >= 4 is 11.6 Å². The molecule has 0 amide bonds. The molecular formula is C20H19F3N4O3. The summed E-state index contributed by atoms with van der Waals surface area (Å²) in [5.41, 5.74) is 4.77. The lowest BCUT2D eigenvalue weighted by Gasteiger charge is -2.20. The van der Waals surface area contributed by atoms with Gasteiger partial charge in [-0.3, -0.25) is 9.59 Å². The summed E-state index contributed by atoms with van der Waals surface area (Å²) in [4.78, 5) is 28.3. The molecule has 1 aliphatic rings. The van der Waals surface area contributed by atoms with Gasteiger partial charge in [0.2, 0.25) is 0 Å². The molecule has 1 unspecified atom stereocenters. The van der Waals surface area contributed by atoms with Crippen LogP contribution >= 0.6 is 0 Å². The minimum atomic E-state index is -4.70. The first-order chi connectivity index (χ1) is 14.1. The third-order valence-electron chi connectivity index (χ3n) is 5.60. The van der Waals surface area contributed by atoms with E-state index in [0.717, 1.165) is 0 Å². The third kappa shape index (κ3) is 3.07. The highest BCUT2D eigenvalue weighted by molar-refractivity contribution is 5.81. The molecule has 3 heterocycles. The van der Waals surface area contributed by atoms with Crippen molar-refractivity contribution in [2.24, 2.45) is 12.8 Å². The van der Waals surface area contributed by atoms with Gasteiger partial charge in [0.15, 0.2) is 0 Å². The third-order valence-corrected chi connectivity index (χ3v) is 5.60. The van der Waals surface area contributed by atoms with Gasteiger partial charge in [-0.25, -0.2) is 4.98 Å². The van der Waals surface area contributed by atoms with Crippen LogP contribution in [0.15, 0.2) is 29.3 Å². The van der Waals surface area contributed by atoms with E-state index in [9.17, 15) is 22.8 Å². The predicted octanol–water partition coefficient (Wildman–Crippen LogP) is 2.16. The molecule has 30 heavy (non-hydrogen) atoms. The van der Waals surface area contributed by atoms with Crippen LogP contribution in [0.2, 0.25) is 0 Å². The highest BCUT2D eigenvalue weighted by Gasteiger charge is 2.41. The van der Waals surface area contributed by atoms with Crippen LogP contribution in [0.25, 0.3) is 16.8 Å². The second-order valence-corrected chi connectivity index (χ2v) is 7.40. The van der Waals surface area contributed by atoms with Crippen LogP contribution in [0.3, 0.4) is 0 Å². The fourth-order valence-corrected chi connectivity index (χ4v) is 4.22. The summed E-state index contributed by atoms with van der Waals surface area (Å²) in [6.07, 6.45) is -0.619. The normalized spacial score (nSPS) is 14.8. The number of hydrogen-bond acceptors (Lipinski definition) is 4. The lowest BCUT2D eigenvalue weighted by atomic mass is 9.95. The van der Waals surface area contributed by atoms with E-state index in [1.165, 1.54) is 40.5 Å². The molecule has 0 spiro atoms. The van der Waals surface area contributed by atoms with E-state index in [-0.39, 0.29) is 29.6 Å². The molecule has 3 aromatic heterocycles. The van der Waals surface area contributed by atoms with Crippen molar-refractivity contribution in [3.05, 3.63) is 57.4 Å². The fraction of sp³-hybridized carbons (Fsp3) is 0.350. The number of aromatic nitrogens is 3. The van der Waals surface area contributed by atoms with E-state index in [1.807, 2.05) is 0 Å². The van der Waals surface area contributed by atoms with Gasteiger partial charge in [0.05, 0.1) is 11.1 Å². The molecule has 0 bridgehead atoms. The van der Waals surface area contributed by atoms with Crippen molar-refractivity contribution in [3.8, 4) is 11.1 Å². The molecule has 0 aliphatic heterocycles. The van der Waals surface area contributed by atoms with Gasteiger partial charge in [0.1, 0.15) is 11.7 Å². The SMILES string of the molecule is Cn1c2c(c(C(F)(F)F)c(-c3ccc(CC(N)C(=O)O)n4ccnc34)c1=O)CCC2. The number of carboxylic acid groups (broad SMARTS) is 1. The summed E-state index contributed by atoms with van der Waals surface area (Å²) in [6, 6.07) is 1.69. The molecule has 158 valence electrons. The Kier molecular flexibility index (Phi) is 4.69. The molecule has 0 radical (unpaired) electrons. The minimum Gasteiger partial charge on any atom is -0.480 e. The summed E-state index contributed by atoms with van der Waals surface area (Å²) in [6.45, 7) is 0. The smallest absolute Gasteiger partial charge is 0.417 e. The minimum absolute atomic E-state index is 0.0448. The van der Waals surface area contributed by atoms with E-state index < -0.39 is 34.9 Å². The lowest BCUT2D eigenvalue weighted by Crippen LogP contribution is -2.33. The molecule has 10 heteroatoms. The van der Waals surface area contributed by atoms with Crippen molar-refractivity contribution in [2.75, 3.05) is 0 Å². The van der Waals surface area contributed by atoms with E-state index in [0.29, 0.717) is 24.2 Å². The van der Waals surface area contributed by atoms with E-state index >= 15 is 0 Å². The summed E-state index contributed by atoms with van der Waals surface area (Å²) < 4.78 is 45.1. The van der Waals surface area contributed by atoms with Crippen LogP contribution in [0.4, 0.5) is 13.2 Å². The highest BCUT2D eigenvalue weighted by Crippen LogP contribution is 2.42. The second kappa shape index (κ2) is 6.98. The number of rotatable bonds is 4. The fourth-order valence-electron chi connectivity index (χ4n) is 4.22. The van der Waals surface area contributed by atoms with Gasteiger partial charge in [-0.1, -0.05) is 0 Å². The van der Waals surface area contributed by atoms with Crippen molar-refractivity contribution < 1.29 is 23.1 Å². The zero-order valence-electron chi connectivity index (χ0n) is 16.0. The van der Waals surface area contributed by atoms with E-state index in [2.05, 4.69) is 4.98 Å². The number of carboxylic acids is 1. The first-order valence-electron chi connectivity index (χ1n) is 9.37. The summed E-state index contributed by atoms with van der Waals surface area (Å²) >= 11 is 0. The number of hydrogen-bond donors (Lipinski definition) is 2. The number of pyridine rings is 2. The molecule has 0 fully saturated rings. The topological polar surface area (TPSA) is 103 Å². The van der Waals surface area contributed by atoms with Crippen LogP contribution in [0.5, 0.6) is 0 Å². The van der Waals surface area contributed by atoms with Crippen LogP contribution in [0.1, 0.15) is 28.9 Å². The van der Waals surface area contributed by atoms with Crippen molar-refractivity contribution in [2.45, 2.75) is 37.9 Å². The number of nitrogens with zero attached hydrogens (tertiary/aromatic N) is 3. The molecule has 3 aromatic rings. The predicted molar refractivity (Wildman–Crippen MR) is 102 cm³/mol. The number of halogens is 3. The monoisotopic (exact) mass is 420 g/mol. The summed E-state index contributed by atoms with van der Waals surface area (Å²) in [5.74, 6) is -1.20. The maximum atomic E-state index is 14.1. The number of carbonyl (C=O) groups is 1. The summed E-state index contributed by atoms with van der Waals surface area (Å²) in [7, 11) is 1.49. The first kappa shape index (κ1) is 20.1. The Morgan fingerprint density at radius 2 is 2.07 bits per heavy atom. The van der Waals surface area contributed by atoms with Gasteiger partial charge in [0.25, 0.3) is 5.56 Å². The molecule has 1 aliphatic carbocycles. The first-order valence-corrected chi connectivity index (χ1v) is 9.37. The Morgan fingerprint density at radius 3 is 2.73 bits per heavy atom. The molecule has 0 aromatic carbocycles. The Hall–Kier alpha value is -3.14. The van der Waals surface area contributed by atoms with Crippen molar-refractivity contribution in [1.82, 2.24) is 14.0 Å². The lowest BCUT2D eigenvalue weighted by molar-refractivity contribution is -0.139. The van der Waals surface area contributed by atoms with Crippen LogP contribution in [-0.4, -0.2) is 31.1 Å². The van der Waals surface area contributed by atoms with Gasteiger partial charge in [0, 0.05) is 42.8 Å². The quantitative estimate of drug-likeness (QED) is 0.674. The number of imidazole rings is 1. The average molecular weight is 420 g/mol. The van der Waals surface area contributed by atoms with Crippen LogP contribution in [-0.2, 0) is 37.3 Å². The zero-order chi connectivity index (χ0) is 21.8. The Labute approximate surface area is 168 Å². The second-order valence-electron chi connectivity index (χ2n) is 7.40. The van der Waals surface area contributed by atoms with Gasteiger partial charge >= 0.3 is 12.1 Å². The number of nitrogens with two attached hydrogens (primary N) is 1. The van der Waals surface area contributed by atoms with E-state index in [4.69, 9.17) is 10.8 Å². The molecule has 1 atom stereocenters. The maximum Gasteiger partial charge on any atom is 0.417 e. The van der Waals surface area contributed by atoms with Gasteiger partial charge in [-0.15, -0.1) is 0 Å². The number of fused-ring (bicyclic) bond motifs is 2. The van der Waals surface area contributed by atoms with Crippen LogP contribution in [0, 0.1) is 0 Å². The zero-order valence-corrected chi connectivity index (χ0v) is 16.0.